The van der Waals surface area contributed by atoms with Gasteiger partial charge in [0.15, 0.2) is 0 Å². The van der Waals surface area contributed by atoms with Gasteiger partial charge in [-0.2, -0.15) is 10.5 Å². The predicted octanol–water partition coefficient (Wildman–Crippen LogP) is 2.99. The van der Waals surface area contributed by atoms with Crippen molar-refractivity contribution in [1.29, 1.82) is 10.5 Å². The monoisotopic (exact) mass is 464 g/mol. The molecule has 2 fully saturated rings. The average Bonchev–Trinajstić information content (AvgIpc) is 3.34. The number of piperidine rings is 1. The number of hydrogen-bond donors (Lipinski definition) is 1. The van der Waals surface area contributed by atoms with E-state index < -0.39 is 0 Å². The van der Waals surface area contributed by atoms with Crippen molar-refractivity contribution in [2.45, 2.75) is 24.9 Å². The molecule has 3 aromatic rings. The Hall–Kier alpha value is -4.27. The molecule has 0 aliphatic carbocycles. The first-order valence-electron chi connectivity index (χ1n) is 11.6. The van der Waals surface area contributed by atoms with Gasteiger partial charge in [-0.05, 0) is 49.1 Å². The third kappa shape index (κ3) is 4.21. The topological polar surface area (TPSA) is 117 Å². The summed E-state index contributed by atoms with van der Waals surface area (Å²) >= 11 is 0. The van der Waals surface area contributed by atoms with Crippen molar-refractivity contribution in [3.63, 3.8) is 0 Å². The SMILES string of the molecule is N#Cc1ccnc(-c2ccccc2C(=O)N2C[C@H]3[C@H](CCN3c3cc(C#N)ccn3)C[C@@H]2CO)c1. The second-order valence-electron chi connectivity index (χ2n) is 8.94. The van der Waals surface area contributed by atoms with Gasteiger partial charge in [0.2, 0.25) is 0 Å². The third-order valence-corrected chi connectivity index (χ3v) is 7.05. The van der Waals surface area contributed by atoms with Crippen LogP contribution < -0.4 is 4.90 Å². The molecule has 35 heavy (non-hydrogen) atoms. The molecule has 8 nitrogen and oxygen atoms in total. The van der Waals surface area contributed by atoms with E-state index in [1.54, 1.807) is 47.6 Å². The van der Waals surface area contributed by atoms with Gasteiger partial charge >= 0.3 is 0 Å². The Morgan fingerprint density at radius 3 is 2.57 bits per heavy atom. The molecule has 0 saturated carbocycles. The molecule has 3 atom stereocenters. The number of benzene rings is 1. The zero-order valence-corrected chi connectivity index (χ0v) is 19.1. The van der Waals surface area contributed by atoms with Gasteiger partial charge < -0.3 is 14.9 Å². The smallest absolute Gasteiger partial charge is 0.254 e. The van der Waals surface area contributed by atoms with Gasteiger partial charge in [-0.1, -0.05) is 18.2 Å². The summed E-state index contributed by atoms with van der Waals surface area (Å²) in [7, 11) is 0. The molecular weight excluding hydrogens is 440 g/mol. The number of nitrogens with zero attached hydrogens (tertiary/aromatic N) is 6. The molecule has 0 radical (unpaired) electrons. The van der Waals surface area contributed by atoms with E-state index in [1.807, 2.05) is 18.2 Å². The second kappa shape index (κ2) is 9.54. The summed E-state index contributed by atoms with van der Waals surface area (Å²) in [5.74, 6) is 0.894. The first-order chi connectivity index (χ1) is 17.1. The number of carbonyl (C=O) groups is 1. The normalized spacial score (nSPS) is 21.2. The van der Waals surface area contributed by atoms with Crippen LogP contribution in [0.5, 0.6) is 0 Å². The number of aliphatic hydroxyl groups is 1. The Bertz CT molecular complexity index is 1340. The molecule has 5 rings (SSSR count). The lowest BCUT2D eigenvalue weighted by atomic mass is 9.86. The van der Waals surface area contributed by atoms with E-state index in [1.165, 1.54) is 0 Å². The molecule has 0 spiro atoms. The highest BCUT2D eigenvalue weighted by molar-refractivity contribution is 6.00. The summed E-state index contributed by atoms with van der Waals surface area (Å²) in [6.45, 7) is 1.13. The van der Waals surface area contributed by atoms with E-state index in [2.05, 4.69) is 27.0 Å². The van der Waals surface area contributed by atoms with E-state index >= 15 is 0 Å². The lowest BCUT2D eigenvalue weighted by Gasteiger charge is -2.43. The van der Waals surface area contributed by atoms with Gasteiger partial charge in [-0.15, -0.1) is 0 Å². The van der Waals surface area contributed by atoms with Gasteiger partial charge in [-0.25, -0.2) is 4.98 Å². The largest absolute Gasteiger partial charge is 0.394 e. The summed E-state index contributed by atoms with van der Waals surface area (Å²) in [5.41, 5.74) is 2.72. The Labute approximate surface area is 203 Å². The zero-order chi connectivity index (χ0) is 24.4. The molecule has 2 saturated heterocycles. The number of likely N-dealkylation sites (tertiary alicyclic amines) is 1. The van der Waals surface area contributed by atoms with Gasteiger partial charge in [-0.3, -0.25) is 9.78 Å². The highest BCUT2D eigenvalue weighted by atomic mass is 16.3. The number of aliphatic hydroxyl groups excluding tert-OH is 1. The summed E-state index contributed by atoms with van der Waals surface area (Å²) in [6.07, 6.45) is 4.85. The predicted molar refractivity (Wildman–Crippen MR) is 129 cm³/mol. The maximum Gasteiger partial charge on any atom is 0.254 e. The number of hydrogen-bond acceptors (Lipinski definition) is 7. The number of aromatic nitrogens is 2. The fourth-order valence-electron chi connectivity index (χ4n) is 5.31. The number of anilines is 1. The van der Waals surface area contributed by atoms with E-state index in [4.69, 9.17) is 0 Å². The number of fused-ring (bicyclic) bond motifs is 1. The molecular formula is C27H24N6O2. The standard InChI is InChI=1S/C27H24N6O2/c28-14-18-5-8-30-24(11-18)22-3-1-2-4-23(22)27(35)33-16-25-20(13-21(33)17-34)7-10-32(25)26-12-19(15-29)6-9-31-26/h1-6,8-9,11-12,20-21,25,34H,7,10,13,16-17H2/t20-,21-,25+/m1/s1. The van der Waals surface area contributed by atoms with Crippen LogP contribution in [0.2, 0.25) is 0 Å². The Morgan fingerprint density at radius 2 is 1.80 bits per heavy atom. The maximum absolute atomic E-state index is 13.9. The number of pyridine rings is 2. The molecule has 0 unspecified atom stereocenters. The van der Waals surface area contributed by atoms with Crippen molar-refractivity contribution in [1.82, 2.24) is 14.9 Å². The maximum atomic E-state index is 13.9. The minimum Gasteiger partial charge on any atom is -0.394 e. The van der Waals surface area contributed by atoms with E-state index in [0.29, 0.717) is 46.8 Å². The Balaban J connectivity index is 1.47. The van der Waals surface area contributed by atoms with E-state index in [9.17, 15) is 20.4 Å². The molecule has 1 N–H and O–H groups in total. The van der Waals surface area contributed by atoms with Crippen molar-refractivity contribution in [3.05, 3.63) is 77.6 Å². The summed E-state index contributed by atoms with van der Waals surface area (Å²) in [5, 5.41) is 28.8. The van der Waals surface area contributed by atoms with Crippen molar-refractivity contribution >= 4 is 11.7 Å². The lowest BCUT2D eigenvalue weighted by Crippen LogP contribution is -2.56. The highest BCUT2D eigenvalue weighted by Crippen LogP contribution is 2.38. The summed E-state index contributed by atoms with van der Waals surface area (Å²) < 4.78 is 0. The Morgan fingerprint density at radius 1 is 1.06 bits per heavy atom. The number of rotatable bonds is 4. The molecule has 8 heteroatoms. The van der Waals surface area contributed by atoms with Gasteiger partial charge in [0.05, 0.1) is 47.6 Å². The number of amides is 1. The minimum atomic E-state index is -0.284. The lowest BCUT2D eigenvalue weighted by molar-refractivity contribution is 0.0394. The van der Waals surface area contributed by atoms with Gasteiger partial charge in [0.25, 0.3) is 5.91 Å². The van der Waals surface area contributed by atoms with Crippen LogP contribution in [0.15, 0.2) is 60.9 Å². The van der Waals surface area contributed by atoms with Crippen LogP contribution in [0.4, 0.5) is 5.82 Å². The van der Waals surface area contributed by atoms with Crippen molar-refractivity contribution in [2.75, 3.05) is 24.6 Å². The molecule has 2 aromatic heterocycles. The average molecular weight is 465 g/mol. The fourth-order valence-corrected chi connectivity index (χ4v) is 5.31. The third-order valence-electron chi connectivity index (χ3n) is 7.05. The van der Waals surface area contributed by atoms with Crippen LogP contribution in [0, 0.1) is 28.6 Å². The molecule has 4 heterocycles. The molecule has 2 aliphatic heterocycles. The zero-order valence-electron chi connectivity index (χ0n) is 19.1. The van der Waals surface area contributed by atoms with Crippen LogP contribution >= 0.6 is 0 Å². The molecule has 1 amide bonds. The van der Waals surface area contributed by atoms with Crippen LogP contribution in [-0.4, -0.2) is 57.7 Å². The Kier molecular flexibility index (Phi) is 6.13. The molecule has 1 aromatic carbocycles. The first-order valence-corrected chi connectivity index (χ1v) is 11.6. The molecule has 2 aliphatic rings. The van der Waals surface area contributed by atoms with Crippen LogP contribution in [-0.2, 0) is 0 Å². The van der Waals surface area contributed by atoms with Crippen LogP contribution in [0.25, 0.3) is 11.3 Å². The van der Waals surface area contributed by atoms with E-state index in [0.717, 1.165) is 18.8 Å². The van der Waals surface area contributed by atoms with Gasteiger partial charge in [0, 0.05) is 36.6 Å². The van der Waals surface area contributed by atoms with Crippen molar-refractivity contribution in [2.24, 2.45) is 5.92 Å². The highest BCUT2D eigenvalue weighted by Gasteiger charge is 2.44. The molecule has 174 valence electrons. The van der Waals surface area contributed by atoms with Crippen LogP contribution in [0.1, 0.15) is 34.3 Å². The van der Waals surface area contributed by atoms with E-state index in [-0.39, 0.29) is 24.6 Å². The first kappa shape index (κ1) is 22.5. The fraction of sp³-hybridized carbons (Fsp3) is 0.296. The summed E-state index contributed by atoms with van der Waals surface area (Å²) in [6, 6.07) is 18.1. The number of nitriles is 2. The van der Waals surface area contributed by atoms with Gasteiger partial charge in [0.1, 0.15) is 5.82 Å². The quantitative estimate of drug-likeness (QED) is 0.631. The van der Waals surface area contributed by atoms with Crippen molar-refractivity contribution in [3.8, 4) is 23.4 Å². The minimum absolute atomic E-state index is 0.0513. The number of carbonyl (C=O) groups excluding carboxylic acids is 1. The molecule has 0 bridgehead atoms. The second-order valence-corrected chi connectivity index (χ2v) is 8.94. The van der Waals surface area contributed by atoms with Crippen molar-refractivity contribution < 1.29 is 9.90 Å². The van der Waals surface area contributed by atoms with Crippen LogP contribution in [0.3, 0.4) is 0 Å². The summed E-state index contributed by atoms with van der Waals surface area (Å²) in [4.78, 5) is 26.7.